The molecule has 3 aromatic rings. The van der Waals surface area contributed by atoms with Crippen molar-refractivity contribution in [3.05, 3.63) is 74.7 Å². The van der Waals surface area contributed by atoms with Gasteiger partial charge in [-0.3, -0.25) is 0 Å². The van der Waals surface area contributed by atoms with Crippen molar-refractivity contribution in [3.63, 3.8) is 0 Å². The molecule has 0 saturated heterocycles. The molecule has 28 heavy (non-hydrogen) atoms. The predicted octanol–water partition coefficient (Wildman–Crippen LogP) is 7.69. The van der Waals surface area contributed by atoms with Crippen LogP contribution in [0.2, 0.25) is 20.1 Å². The standard InChI is InChI=1S/C21H15Cl4NO2/c1-26(2)21(27)28-20-14(12-6-8-16(22)18(24)10-12)4-3-5-15(20)13-7-9-17(23)19(25)11-13/h3-11H,1-2H3. The first-order chi connectivity index (χ1) is 13.3. The van der Waals surface area contributed by atoms with Crippen LogP contribution in [0, 0.1) is 0 Å². The number of rotatable bonds is 3. The van der Waals surface area contributed by atoms with Crippen molar-refractivity contribution >= 4 is 52.5 Å². The molecule has 0 radical (unpaired) electrons. The minimum atomic E-state index is -0.506. The number of halogens is 4. The molecule has 7 heteroatoms. The van der Waals surface area contributed by atoms with E-state index in [1.54, 1.807) is 38.4 Å². The lowest BCUT2D eigenvalue weighted by atomic mass is 9.97. The average molecular weight is 455 g/mol. The maximum absolute atomic E-state index is 12.3. The lowest BCUT2D eigenvalue weighted by Gasteiger charge is -2.18. The van der Waals surface area contributed by atoms with Gasteiger partial charge in [0.1, 0.15) is 5.75 Å². The Morgan fingerprint density at radius 1 is 0.750 bits per heavy atom. The molecule has 0 aromatic heterocycles. The third kappa shape index (κ3) is 4.39. The van der Waals surface area contributed by atoms with Crippen molar-refractivity contribution < 1.29 is 9.53 Å². The van der Waals surface area contributed by atoms with Crippen LogP contribution >= 0.6 is 46.4 Å². The van der Waals surface area contributed by atoms with Gasteiger partial charge in [0.25, 0.3) is 0 Å². The van der Waals surface area contributed by atoms with Gasteiger partial charge >= 0.3 is 6.09 Å². The largest absolute Gasteiger partial charge is 0.414 e. The minimum Gasteiger partial charge on any atom is -0.409 e. The first-order valence-corrected chi connectivity index (χ1v) is 9.72. The number of hydrogen-bond acceptors (Lipinski definition) is 2. The molecule has 0 saturated carbocycles. The monoisotopic (exact) mass is 453 g/mol. The van der Waals surface area contributed by atoms with E-state index < -0.39 is 6.09 Å². The van der Waals surface area contributed by atoms with Gasteiger partial charge in [-0.25, -0.2) is 4.79 Å². The van der Waals surface area contributed by atoms with Crippen LogP contribution in [0.15, 0.2) is 54.6 Å². The second-order valence-corrected chi connectivity index (χ2v) is 7.83. The molecule has 0 bridgehead atoms. The number of ether oxygens (including phenoxy) is 1. The van der Waals surface area contributed by atoms with Gasteiger partial charge in [0.2, 0.25) is 0 Å². The minimum absolute atomic E-state index is 0.387. The highest BCUT2D eigenvalue weighted by atomic mass is 35.5. The second kappa shape index (κ2) is 8.62. The molecule has 144 valence electrons. The quantitative estimate of drug-likeness (QED) is 0.405. The van der Waals surface area contributed by atoms with Gasteiger partial charge in [-0.2, -0.15) is 0 Å². The molecule has 1 amide bonds. The highest BCUT2D eigenvalue weighted by Crippen LogP contribution is 2.42. The van der Waals surface area contributed by atoms with E-state index in [0.717, 1.165) is 11.1 Å². The van der Waals surface area contributed by atoms with Crippen LogP contribution < -0.4 is 4.74 Å². The summed E-state index contributed by atoms with van der Waals surface area (Å²) in [4.78, 5) is 13.7. The van der Waals surface area contributed by atoms with Gasteiger partial charge in [-0.05, 0) is 35.4 Å². The summed E-state index contributed by atoms with van der Waals surface area (Å²) in [5.74, 6) is 0.387. The molecule has 0 unspecified atom stereocenters. The van der Waals surface area contributed by atoms with E-state index in [4.69, 9.17) is 51.1 Å². The summed E-state index contributed by atoms with van der Waals surface area (Å²) in [5, 5.41) is 1.70. The number of amides is 1. The zero-order chi connectivity index (χ0) is 20.4. The highest BCUT2D eigenvalue weighted by Gasteiger charge is 2.19. The van der Waals surface area contributed by atoms with Gasteiger partial charge in [-0.15, -0.1) is 0 Å². The van der Waals surface area contributed by atoms with Gasteiger partial charge in [0.15, 0.2) is 0 Å². The molecule has 0 aliphatic heterocycles. The van der Waals surface area contributed by atoms with Crippen molar-refractivity contribution in [3.8, 4) is 28.0 Å². The van der Waals surface area contributed by atoms with Gasteiger partial charge in [-0.1, -0.05) is 76.7 Å². The number of carbonyl (C=O) groups excluding carboxylic acids is 1. The Kier molecular flexibility index (Phi) is 6.41. The van der Waals surface area contributed by atoms with E-state index in [0.29, 0.717) is 37.0 Å². The highest BCUT2D eigenvalue weighted by molar-refractivity contribution is 6.42. The van der Waals surface area contributed by atoms with Crippen LogP contribution in [0.5, 0.6) is 5.75 Å². The molecule has 0 spiro atoms. The third-order valence-electron chi connectivity index (χ3n) is 4.03. The molecular formula is C21H15Cl4NO2. The van der Waals surface area contributed by atoms with Crippen molar-refractivity contribution in [2.45, 2.75) is 0 Å². The fourth-order valence-corrected chi connectivity index (χ4v) is 3.20. The summed E-state index contributed by atoms with van der Waals surface area (Å²) in [6, 6.07) is 16.0. The SMILES string of the molecule is CN(C)C(=O)Oc1c(-c2ccc(Cl)c(Cl)c2)cccc1-c1ccc(Cl)c(Cl)c1. The summed E-state index contributed by atoms with van der Waals surface area (Å²) in [7, 11) is 3.23. The van der Waals surface area contributed by atoms with Crippen LogP contribution in [0.1, 0.15) is 0 Å². The Bertz CT molecular complexity index is 981. The lowest BCUT2D eigenvalue weighted by Crippen LogP contribution is -2.25. The summed E-state index contributed by atoms with van der Waals surface area (Å²) in [6.07, 6.45) is -0.506. The Labute approximate surface area is 183 Å². The van der Waals surface area contributed by atoms with E-state index in [9.17, 15) is 4.79 Å². The van der Waals surface area contributed by atoms with Crippen LogP contribution in [0.4, 0.5) is 4.79 Å². The van der Waals surface area contributed by atoms with Crippen LogP contribution in [0.3, 0.4) is 0 Å². The number of carbonyl (C=O) groups is 1. The van der Waals surface area contributed by atoms with Crippen molar-refractivity contribution in [1.29, 1.82) is 0 Å². The molecule has 0 N–H and O–H groups in total. The average Bonchev–Trinajstić information content (AvgIpc) is 2.66. The van der Waals surface area contributed by atoms with E-state index in [2.05, 4.69) is 0 Å². The molecule has 3 nitrogen and oxygen atoms in total. The number of hydrogen-bond donors (Lipinski definition) is 0. The molecule has 0 atom stereocenters. The van der Waals surface area contributed by atoms with E-state index in [1.165, 1.54) is 4.90 Å². The second-order valence-electron chi connectivity index (χ2n) is 6.20. The van der Waals surface area contributed by atoms with Crippen molar-refractivity contribution in [2.75, 3.05) is 14.1 Å². The maximum Gasteiger partial charge on any atom is 0.414 e. The van der Waals surface area contributed by atoms with E-state index in [-0.39, 0.29) is 0 Å². The molecule has 0 aliphatic carbocycles. The van der Waals surface area contributed by atoms with Gasteiger partial charge < -0.3 is 9.64 Å². The fraction of sp³-hybridized carbons (Fsp3) is 0.0952. The molecular weight excluding hydrogens is 440 g/mol. The van der Waals surface area contributed by atoms with E-state index in [1.807, 2.05) is 30.3 Å². The zero-order valence-corrected chi connectivity index (χ0v) is 18.0. The van der Waals surface area contributed by atoms with E-state index >= 15 is 0 Å². The Morgan fingerprint density at radius 3 is 1.61 bits per heavy atom. The summed E-state index contributed by atoms with van der Waals surface area (Å²) in [6.45, 7) is 0. The predicted molar refractivity (Wildman–Crippen MR) is 117 cm³/mol. The zero-order valence-electron chi connectivity index (χ0n) is 15.0. The van der Waals surface area contributed by atoms with Crippen molar-refractivity contribution in [1.82, 2.24) is 4.90 Å². The fourth-order valence-electron chi connectivity index (χ4n) is 2.61. The topological polar surface area (TPSA) is 29.5 Å². The smallest absolute Gasteiger partial charge is 0.409 e. The molecule has 3 aromatic carbocycles. The van der Waals surface area contributed by atoms with Crippen LogP contribution in [-0.4, -0.2) is 25.1 Å². The van der Waals surface area contributed by atoms with Crippen LogP contribution in [0.25, 0.3) is 22.3 Å². The number of nitrogens with zero attached hydrogens (tertiary/aromatic N) is 1. The van der Waals surface area contributed by atoms with Crippen molar-refractivity contribution in [2.24, 2.45) is 0 Å². The van der Waals surface area contributed by atoms with Gasteiger partial charge in [0.05, 0.1) is 20.1 Å². The molecule has 3 rings (SSSR count). The molecule has 0 fully saturated rings. The van der Waals surface area contributed by atoms with Gasteiger partial charge in [0, 0.05) is 25.2 Å². The summed E-state index contributed by atoms with van der Waals surface area (Å²) < 4.78 is 5.72. The maximum atomic E-state index is 12.3. The molecule has 0 aliphatic rings. The Morgan fingerprint density at radius 2 is 1.21 bits per heavy atom. The first-order valence-electron chi connectivity index (χ1n) is 8.21. The normalized spacial score (nSPS) is 10.6. The molecule has 0 heterocycles. The number of benzene rings is 3. The Hall–Kier alpha value is -1.91. The lowest BCUT2D eigenvalue weighted by molar-refractivity contribution is 0.172. The first kappa shape index (κ1) is 20.8. The third-order valence-corrected chi connectivity index (χ3v) is 5.51. The van der Waals surface area contributed by atoms with Crippen LogP contribution in [-0.2, 0) is 0 Å². The number of para-hydroxylation sites is 1. The summed E-state index contributed by atoms with van der Waals surface area (Å²) in [5.41, 5.74) is 2.91. The Balaban J connectivity index is 2.22. The summed E-state index contributed by atoms with van der Waals surface area (Å²) >= 11 is 24.5.